The molecule has 0 unspecified atom stereocenters. The lowest BCUT2D eigenvalue weighted by molar-refractivity contribution is -0.130. The zero-order valence-electron chi connectivity index (χ0n) is 15.0. The third-order valence-corrected chi connectivity index (χ3v) is 4.86. The number of halogens is 1. The molecule has 1 aromatic carbocycles. The largest absolute Gasteiger partial charge is 0.458 e. The van der Waals surface area contributed by atoms with Crippen LogP contribution < -0.4 is 10.3 Å². The highest BCUT2D eigenvalue weighted by molar-refractivity contribution is 6.30. The van der Waals surface area contributed by atoms with Crippen LogP contribution in [-0.4, -0.2) is 49.5 Å². The summed E-state index contributed by atoms with van der Waals surface area (Å²) in [5.74, 6) is -0.0248. The van der Waals surface area contributed by atoms with Crippen molar-refractivity contribution in [1.82, 2.24) is 24.4 Å². The van der Waals surface area contributed by atoms with Gasteiger partial charge in [0.25, 0.3) is 5.56 Å². The summed E-state index contributed by atoms with van der Waals surface area (Å²) in [6.45, 7) is 1.36. The fourth-order valence-corrected chi connectivity index (χ4v) is 3.30. The number of ether oxygens (including phenoxy) is 1. The van der Waals surface area contributed by atoms with E-state index in [0.717, 1.165) is 0 Å². The topological polar surface area (TPSA) is 90.2 Å². The molecule has 0 spiro atoms. The summed E-state index contributed by atoms with van der Waals surface area (Å²) in [4.78, 5) is 39.0. The van der Waals surface area contributed by atoms with E-state index in [4.69, 9.17) is 16.3 Å². The zero-order valence-corrected chi connectivity index (χ0v) is 15.7. The lowest BCUT2D eigenvalue weighted by atomic mass is 10.2. The summed E-state index contributed by atoms with van der Waals surface area (Å²) in [6, 6.07) is 7.42. The summed E-state index contributed by atoms with van der Waals surface area (Å²) in [5.41, 5.74) is 0.514. The molecule has 1 fully saturated rings. The normalized spacial score (nSPS) is 16.5. The van der Waals surface area contributed by atoms with Crippen LogP contribution in [0.25, 0.3) is 10.9 Å². The highest BCUT2D eigenvalue weighted by Crippen LogP contribution is 2.17. The van der Waals surface area contributed by atoms with Gasteiger partial charge in [0.1, 0.15) is 6.10 Å². The van der Waals surface area contributed by atoms with E-state index in [1.54, 1.807) is 23.1 Å². The second kappa shape index (κ2) is 7.93. The molecule has 144 valence electrons. The van der Waals surface area contributed by atoms with Crippen molar-refractivity contribution in [3.05, 3.63) is 58.4 Å². The van der Waals surface area contributed by atoms with Crippen LogP contribution in [0.4, 0.5) is 0 Å². The summed E-state index contributed by atoms with van der Waals surface area (Å²) < 4.78 is 7.18. The van der Waals surface area contributed by atoms with Crippen molar-refractivity contribution in [2.45, 2.75) is 25.5 Å². The smallest absolute Gasteiger partial charge is 0.316 e. The maximum absolute atomic E-state index is 12.5. The molecule has 9 heteroatoms. The van der Waals surface area contributed by atoms with E-state index >= 15 is 0 Å². The van der Waals surface area contributed by atoms with Gasteiger partial charge in [0.05, 0.1) is 41.2 Å². The highest BCUT2D eigenvalue weighted by Gasteiger charge is 2.28. The van der Waals surface area contributed by atoms with Gasteiger partial charge in [-0.1, -0.05) is 23.7 Å². The van der Waals surface area contributed by atoms with E-state index in [1.165, 1.54) is 23.3 Å². The Morgan fingerprint density at radius 2 is 2.00 bits per heavy atom. The number of likely N-dealkylation sites (tertiary alicyclic amines) is 1. The number of rotatable bonds is 5. The number of nitrogens with zero attached hydrogens (tertiary/aromatic N) is 5. The third-order valence-electron chi connectivity index (χ3n) is 4.66. The van der Waals surface area contributed by atoms with Crippen LogP contribution in [-0.2, 0) is 11.3 Å². The van der Waals surface area contributed by atoms with Crippen LogP contribution in [0.15, 0.2) is 47.8 Å². The van der Waals surface area contributed by atoms with Gasteiger partial charge in [0.2, 0.25) is 5.91 Å². The van der Waals surface area contributed by atoms with Gasteiger partial charge in [-0.3, -0.25) is 14.2 Å². The minimum atomic E-state index is -0.157. The Balaban J connectivity index is 1.34. The Hall–Kier alpha value is -3.00. The number of amides is 1. The van der Waals surface area contributed by atoms with Crippen molar-refractivity contribution < 1.29 is 9.53 Å². The Kier molecular flexibility index (Phi) is 5.21. The molecule has 4 rings (SSSR count). The lowest BCUT2D eigenvalue weighted by Crippen LogP contribution is -2.32. The van der Waals surface area contributed by atoms with E-state index in [-0.39, 0.29) is 36.5 Å². The number of aryl methyl sites for hydroxylation is 1. The van der Waals surface area contributed by atoms with E-state index < -0.39 is 0 Å². The maximum atomic E-state index is 12.5. The minimum Gasteiger partial charge on any atom is -0.458 e. The quantitative estimate of drug-likeness (QED) is 0.651. The first-order chi connectivity index (χ1) is 13.6. The second-order valence-electron chi connectivity index (χ2n) is 6.56. The van der Waals surface area contributed by atoms with Crippen molar-refractivity contribution in [2.24, 2.45) is 0 Å². The standard InChI is InChI=1S/C19H18ClN5O3/c20-13-9-21-19(22-10-13)28-14-5-7-24(11-14)17(26)6-8-25-12-23-16-4-2-1-3-15(16)18(25)27/h1-4,9-10,12,14H,5-8,11H2/t14-/m0/s1. The molecule has 1 atom stereocenters. The van der Waals surface area contributed by atoms with E-state index in [0.29, 0.717) is 35.4 Å². The molecule has 0 radical (unpaired) electrons. The molecular formula is C19H18ClN5O3. The molecule has 1 aliphatic rings. The summed E-state index contributed by atoms with van der Waals surface area (Å²) >= 11 is 5.76. The van der Waals surface area contributed by atoms with Crippen molar-refractivity contribution in [1.29, 1.82) is 0 Å². The second-order valence-corrected chi connectivity index (χ2v) is 7.00. The Labute approximate surface area is 165 Å². The molecule has 0 saturated carbocycles. The summed E-state index contributed by atoms with van der Waals surface area (Å²) in [5, 5.41) is 0.990. The van der Waals surface area contributed by atoms with Crippen molar-refractivity contribution >= 4 is 28.4 Å². The van der Waals surface area contributed by atoms with Gasteiger partial charge in [-0.2, -0.15) is 0 Å². The first kappa shape index (κ1) is 18.4. The predicted octanol–water partition coefficient (Wildman–Crippen LogP) is 1.91. The van der Waals surface area contributed by atoms with Crippen molar-refractivity contribution in [3.63, 3.8) is 0 Å². The van der Waals surface area contributed by atoms with Crippen molar-refractivity contribution in [3.8, 4) is 6.01 Å². The van der Waals surface area contributed by atoms with E-state index in [9.17, 15) is 9.59 Å². The third kappa shape index (κ3) is 3.96. The van der Waals surface area contributed by atoms with Gasteiger partial charge in [-0.15, -0.1) is 0 Å². The molecule has 28 heavy (non-hydrogen) atoms. The van der Waals surface area contributed by atoms with Gasteiger partial charge in [0.15, 0.2) is 0 Å². The number of carbonyl (C=O) groups excluding carboxylic acids is 1. The molecule has 1 saturated heterocycles. The van der Waals surface area contributed by atoms with Crippen LogP contribution in [0.3, 0.4) is 0 Å². The van der Waals surface area contributed by atoms with Crippen LogP contribution >= 0.6 is 11.6 Å². The molecule has 3 heterocycles. The predicted molar refractivity (Wildman–Crippen MR) is 103 cm³/mol. The highest BCUT2D eigenvalue weighted by atomic mass is 35.5. The minimum absolute atomic E-state index is 0.0248. The number of hydrogen-bond acceptors (Lipinski definition) is 6. The lowest BCUT2D eigenvalue weighted by Gasteiger charge is -2.17. The zero-order chi connectivity index (χ0) is 19.5. The average molecular weight is 400 g/mol. The van der Waals surface area contributed by atoms with Gasteiger partial charge >= 0.3 is 6.01 Å². The molecule has 0 aliphatic carbocycles. The molecule has 8 nitrogen and oxygen atoms in total. The number of fused-ring (bicyclic) bond motifs is 1. The number of benzene rings is 1. The molecule has 0 bridgehead atoms. The number of hydrogen-bond donors (Lipinski definition) is 0. The van der Waals surface area contributed by atoms with Gasteiger partial charge in [-0.25, -0.2) is 15.0 Å². The van der Waals surface area contributed by atoms with Gasteiger partial charge in [-0.05, 0) is 12.1 Å². The van der Waals surface area contributed by atoms with Crippen LogP contribution in [0, 0.1) is 0 Å². The molecule has 1 amide bonds. The van der Waals surface area contributed by atoms with Crippen LogP contribution in [0.2, 0.25) is 5.02 Å². The molecule has 1 aliphatic heterocycles. The van der Waals surface area contributed by atoms with Crippen molar-refractivity contribution in [2.75, 3.05) is 13.1 Å². The molecule has 0 N–H and O–H groups in total. The van der Waals surface area contributed by atoms with Gasteiger partial charge in [0, 0.05) is 25.9 Å². The molecule has 2 aromatic heterocycles. The van der Waals surface area contributed by atoms with Crippen LogP contribution in [0.1, 0.15) is 12.8 Å². The first-order valence-electron chi connectivity index (χ1n) is 8.96. The fraction of sp³-hybridized carbons (Fsp3) is 0.316. The average Bonchev–Trinajstić information content (AvgIpc) is 3.18. The number of para-hydroxylation sites is 1. The number of carbonyl (C=O) groups is 1. The molecular weight excluding hydrogens is 382 g/mol. The van der Waals surface area contributed by atoms with Gasteiger partial charge < -0.3 is 9.64 Å². The Bertz CT molecular complexity index is 1050. The summed E-state index contributed by atoms with van der Waals surface area (Å²) in [6.07, 6.45) is 5.20. The van der Waals surface area contributed by atoms with E-state index in [1.807, 2.05) is 6.07 Å². The van der Waals surface area contributed by atoms with Crippen LogP contribution in [0.5, 0.6) is 6.01 Å². The Morgan fingerprint density at radius 3 is 2.82 bits per heavy atom. The SMILES string of the molecule is O=C(CCn1cnc2ccccc2c1=O)N1CC[C@H](Oc2ncc(Cl)cn2)C1. The summed E-state index contributed by atoms with van der Waals surface area (Å²) in [7, 11) is 0. The van der Waals surface area contributed by atoms with E-state index in [2.05, 4.69) is 15.0 Å². The Morgan fingerprint density at radius 1 is 1.21 bits per heavy atom. The first-order valence-corrected chi connectivity index (χ1v) is 9.34. The number of aromatic nitrogens is 4. The maximum Gasteiger partial charge on any atom is 0.316 e. The monoisotopic (exact) mass is 399 g/mol. The molecule has 3 aromatic rings. The fourth-order valence-electron chi connectivity index (χ4n) is 3.20.